The Morgan fingerprint density at radius 1 is 1.30 bits per heavy atom. The van der Waals surface area contributed by atoms with Gasteiger partial charge in [0.2, 0.25) is 5.91 Å². The van der Waals surface area contributed by atoms with E-state index in [0.717, 1.165) is 37.2 Å². The molecule has 0 bridgehead atoms. The zero-order chi connectivity index (χ0) is 14.4. The molecule has 1 saturated heterocycles. The van der Waals surface area contributed by atoms with E-state index in [4.69, 9.17) is 0 Å². The van der Waals surface area contributed by atoms with Gasteiger partial charge in [-0.05, 0) is 36.8 Å². The third-order valence-electron chi connectivity index (χ3n) is 4.37. The van der Waals surface area contributed by atoms with Gasteiger partial charge in [0, 0.05) is 24.6 Å². The number of likely N-dealkylation sites (tertiary alicyclic amines) is 1. The van der Waals surface area contributed by atoms with Crippen molar-refractivity contribution in [3.05, 3.63) is 30.3 Å². The van der Waals surface area contributed by atoms with Crippen molar-refractivity contribution in [1.29, 1.82) is 0 Å². The van der Waals surface area contributed by atoms with Crippen LogP contribution in [0.3, 0.4) is 0 Å². The summed E-state index contributed by atoms with van der Waals surface area (Å²) < 4.78 is 0. The number of hydrogen-bond acceptors (Lipinski definition) is 3. The molecule has 1 aliphatic rings. The smallest absolute Gasteiger partial charge is 0.232 e. The predicted molar refractivity (Wildman–Crippen MR) is 82.8 cm³/mol. The van der Waals surface area contributed by atoms with Crippen LogP contribution in [-0.2, 0) is 4.79 Å². The summed E-state index contributed by atoms with van der Waals surface area (Å²) in [6.07, 6.45) is 2.83. The van der Waals surface area contributed by atoms with E-state index >= 15 is 0 Å². The van der Waals surface area contributed by atoms with Crippen molar-refractivity contribution >= 4 is 17.7 Å². The minimum atomic E-state index is 0.0450. The van der Waals surface area contributed by atoms with Gasteiger partial charge in [-0.25, -0.2) is 0 Å². The van der Waals surface area contributed by atoms with Crippen LogP contribution in [0.2, 0.25) is 0 Å². The van der Waals surface area contributed by atoms with E-state index in [0.29, 0.717) is 5.75 Å². The molecule has 110 valence electrons. The quantitative estimate of drug-likeness (QED) is 0.849. The molecule has 1 amide bonds. The number of hydrogen-bond donors (Lipinski definition) is 1. The van der Waals surface area contributed by atoms with Crippen molar-refractivity contribution in [2.45, 2.75) is 31.1 Å². The molecule has 4 heteroatoms. The lowest BCUT2D eigenvalue weighted by atomic mass is 9.77. The Morgan fingerprint density at radius 2 is 1.95 bits per heavy atom. The molecular weight excluding hydrogens is 270 g/mol. The maximum Gasteiger partial charge on any atom is 0.232 e. The molecule has 0 saturated carbocycles. The normalized spacial score (nSPS) is 18.0. The fourth-order valence-electron chi connectivity index (χ4n) is 2.61. The largest absolute Gasteiger partial charge is 0.396 e. The van der Waals surface area contributed by atoms with E-state index in [9.17, 15) is 9.90 Å². The first-order valence-corrected chi connectivity index (χ1v) is 8.24. The second kappa shape index (κ2) is 7.14. The average molecular weight is 293 g/mol. The first-order chi connectivity index (χ1) is 9.69. The summed E-state index contributed by atoms with van der Waals surface area (Å²) in [5, 5.41) is 9.51. The number of rotatable bonds is 5. The van der Waals surface area contributed by atoms with Crippen LogP contribution in [0.15, 0.2) is 35.2 Å². The highest BCUT2D eigenvalue weighted by Gasteiger charge is 2.33. The fraction of sp³-hybridized carbons (Fsp3) is 0.562. The van der Waals surface area contributed by atoms with E-state index < -0.39 is 0 Å². The molecule has 0 unspecified atom stereocenters. The Kier molecular flexibility index (Phi) is 5.49. The van der Waals surface area contributed by atoms with Crippen LogP contribution in [0, 0.1) is 5.41 Å². The Labute approximate surface area is 125 Å². The van der Waals surface area contributed by atoms with Gasteiger partial charge in [-0.1, -0.05) is 25.1 Å². The van der Waals surface area contributed by atoms with Gasteiger partial charge in [-0.15, -0.1) is 11.8 Å². The summed E-state index contributed by atoms with van der Waals surface area (Å²) in [5.74, 6) is 0.712. The third kappa shape index (κ3) is 3.76. The Hall–Kier alpha value is -1.00. The van der Waals surface area contributed by atoms with E-state index in [2.05, 4.69) is 6.92 Å². The number of carbonyl (C=O) groups is 1. The maximum absolute atomic E-state index is 12.2. The van der Waals surface area contributed by atoms with Crippen LogP contribution in [0.5, 0.6) is 0 Å². The highest BCUT2D eigenvalue weighted by atomic mass is 32.2. The van der Waals surface area contributed by atoms with Gasteiger partial charge < -0.3 is 10.0 Å². The number of piperidine rings is 1. The van der Waals surface area contributed by atoms with Gasteiger partial charge in [0.1, 0.15) is 0 Å². The fourth-order valence-corrected chi connectivity index (χ4v) is 3.43. The number of thioether (sulfide) groups is 1. The van der Waals surface area contributed by atoms with Crippen LogP contribution in [-0.4, -0.2) is 41.4 Å². The lowest BCUT2D eigenvalue weighted by Crippen LogP contribution is -2.45. The summed E-state index contributed by atoms with van der Waals surface area (Å²) in [7, 11) is 0. The summed E-state index contributed by atoms with van der Waals surface area (Å²) in [5.41, 5.74) is 0.0450. The van der Waals surface area contributed by atoms with Gasteiger partial charge in [-0.2, -0.15) is 0 Å². The van der Waals surface area contributed by atoms with Crippen molar-refractivity contribution in [3.8, 4) is 0 Å². The highest BCUT2D eigenvalue weighted by Crippen LogP contribution is 2.34. The molecule has 1 fully saturated rings. The first-order valence-electron chi connectivity index (χ1n) is 7.25. The van der Waals surface area contributed by atoms with Gasteiger partial charge in [0.25, 0.3) is 0 Å². The molecule has 0 radical (unpaired) electrons. The van der Waals surface area contributed by atoms with Gasteiger partial charge in [-0.3, -0.25) is 4.79 Å². The number of carbonyl (C=O) groups excluding carboxylic acids is 1. The van der Waals surface area contributed by atoms with Crippen molar-refractivity contribution in [3.63, 3.8) is 0 Å². The van der Waals surface area contributed by atoms with Crippen molar-refractivity contribution in [2.24, 2.45) is 5.41 Å². The summed E-state index contributed by atoms with van der Waals surface area (Å²) in [4.78, 5) is 15.3. The van der Waals surface area contributed by atoms with E-state index in [-0.39, 0.29) is 17.9 Å². The number of benzene rings is 1. The van der Waals surface area contributed by atoms with E-state index in [1.807, 2.05) is 35.2 Å². The summed E-state index contributed by atoms with van der Waals surface area (Å²) >= 11 is 1.59. The van der Waals surface area contributed by atoms with E-state index in [1.54, 1.807) is 11.8 Å². The van der Waals surface area contributed by atoms with Crippen LogP contribution in [0.25, 0.3) is 0 Å². The summed E-state index contributed by atoms with van der Waals surface area (Å²) in [6, 6.07) is 10.0. The topological polar surface area (TPSA) is 40.5 Å². The zero-order valence-electron chi connectivity index (χ0n) is 12.0. The van der Waals surface area contributed by atoms with Crippen LogP contribution in [0.4, 0.5) is 0 Å². The second-order valence-electron chi connectivity index (χ2n) is 5.49. The molecular formula is C16H23NO2S. The Balaban J connectivity index is 1.80. The molecule has 1 aromatic carbocycles. The number of aliphatic hydroxyl groups excluding tert-OH is 1. The van der Waals surface area contributed by atoms with Gasteiger partial charge in [0.05, 0.1) is 5.75 Å². The van der Waals surface area contributed by atoms with Crippen molar-refractivity contribution < 1.29 is 9.90 Å². The molecule has 1 heterocycles. The number of nitrogens with zero attached hydrogens (tertiary/aromatic N) is 1. The van der Waals surface area contributed by atoms with Gasteiger partial charge in [0.15, 0.2) is 0 Å². The minimum absolute atomic E-state index is 0.0450. The lowest BCUT2D eigenvalue weighted by molar-refractivity contribution is -0.131. The number of aliphatic hydroxyl groups is 1. The molecule has 0 atom stereocenters. The molecule has 1 aliphatic heterocycles. The van der Waals surface area contributed by atoms with Crippen LogP contribution in [0.1, 0.15) is 26.2 Å². The van der Waals surface area contributed by atoms with E-state index in [1.165, 1.54) is 0 Å². The molecule has 1 aromatic rings. The molecule has 1 N–H and O–H groups in total. The minimum Gasteiger partial charge on any atom is -0.396 e. The second-order valence-corrected chi connectivity index (χ2v) is 6.54. The van der Waals surface area contributed by atoms with Crippen LogP contribution < -0.4 is 0 Å². The number of amides is 1. The molecule has 20 heavy (non-hydrogen) atoms. The van der Waals surface area contributed by atoms with Crippen molar-refractivity contribution in [2.75, 3.05) is 25.4 Å². The highest BCUT2D eigenvalue weighted by molar-refractivity contribution is 8.00. The SMILES string of the molecule is CCC1(CO)CCN(C(=O)CSc2ccccc2)CC1. The molecule has 0 aromatic heterocycles. The Bertz CT molecular complexity index is 421. The predicted octanol–water partition coefficient (Wildman–Crippen LogP) is 2.79. The average Bonchev–Trinajstić information content (AvgIpc) is 2.53. The lowest BCUT2D eigenvalue weighted by Gasteiger charge is -2.40. The third-order valence-corrected chi connectivity index (χ3v) is 5.36. The molecule has 0 spiro atoms. The molecule has 0 aliphatic carbocycles. The van der Waals surface area contributed by atoms with Crippen LogP contribution >= 0.6 is 11.8 Å². The maximum atomic E-state index is 12.2. The van der Waals surface area contributed by atoms with Gasteiger partial charge >= 0.3 is 0 Å². The standard InChI is InChI=1S/C16H23NO2S/c1-2-16(13-18)8-10-17(11-9-16)15(19)12-20-14-6-4-3-5-7-14/h3-7,18H,2,8-13H2,1H3. The Morgan fingerprint density at radius 3 is 2.50 bits per heavy atom. The molecule has 3 nitrogen and oxygen atoms in total. The monoisotopic (exact) mass is 293 g/mol. The zero-order valence-corrected chi connectivity index (χ0v) is 12.9. The van der Waals surface area contributed by atoms with Crippen molar-refractivity contribution in [1.82, 2.24) is 4.90 Å². The molecule has 2 rings (SSSR count). The summed E-state index contributed by atoms with van der Waals surface area (Å²) in [6.45, 7) is 3.93. The first kappa shape index (κ1) is 15.4.